The summed E-state index contributed by atoms with van der Waals surface area (Å²) in [7, 11) is 1.57. The van der Waals surface area contributed by atoms with Crippen molar-refractivity contribution in [1.29, 1.82) is 0 Å². The molecule has 94 valence electrons. The molecule has 18 heavy (non-hydrogen) atoms. The SMILES string of the molecule is C=C(O/C=N/N=N/N=[N-])Oc1ccc(OC)cc1. The molecule has 0 aliphatic rings. The van der Waals surface area contributed by atoms with Gasteiger partial charge in [0.25, 0.3) is 5.95 Å². The first-order valence-electron chi connectivity index (χ1n) is 4.69. The molecule has 0 N–H and O–H groups in total. The summed E-state index contributed by atoms with van der Waals surface area (Å²) in [5, 5.41) is 11.5. The van der Waals surface area contributed by atoms with Gasteiger partial charge >= 0.3 is 0 Å². The van der Waals surface area contributed by atoms with Crippen LogP contribution in [0.4, 0.5) is 0 Å². The molecule has 0 bridgehead atoms. The van der Waals surface area contributed by atoms with E-state index in [2.05, 4.69) is 27.4 Å². The number of methoxy groups -OCH3 is 1. The fourth-order valence-electron chi connectivity index (χ4n) is 0.944. The zero-order valence-corrected chi connectivity index (χ0v) is 9.55. The number of ether oxygens (including phenoxy) is 3. The van der Waals surface area contributed by atoms with Crippen molar-refractivity contribution in [2.75, 3.05) is 7.11 Å². The van der Waals surface area contributed by atoms with Gasteiger partial charge in [0.2, 0.25) is 6.40 Å². The third kappa shape index (κ3) is 4.84. The van der Waals surface area contributed by atoms with Crippen LogP contribution in [0, 0.1) is 0 Å². The Morgan fingerprint density at radius 2 is 1.89 bits per heavy atom. The highest BCUT2D eigenvalue weighted by atomic mass is 16.7. The van der Waals surface area contributed by atoms with E-state index in [0.29, 0.717) is 11.5 Å². The van der Waals surface area contributed by atoms with Crippen LogP contribution in [0.3, 0.4) is 0 Å². The number of nitrogens with zero attached hydrogens (tertiary/aromatic N) is 5. The first kappa shape index (κ1) is 13.3. The lowest BCUT2D eigenvalue weighted by Crippen LogP contribution is -1.97. The van der Waals surface area contributed by atoms with Crippen molar-refractivity contribution in [2.45, 2.75) is 0 Å². The zero-order valence-electron chi connectivity index (χ0n) is 9.55. The molecule has 0 aliphatic carbocycles. The second kappa shape index (κ2) is 7.49. The molecule has 0 aromatic heterocycles. The van der Waals surface area contributed by atoms with Crippen molar-refractivity contribution in [3.8, 4) is 11.5 Å². The van der Waals surface area contributed by atoms with E-state index < -0.39 is 0 Å². The highest BCUT2D eigenvalue weighted by Crippen LogP contribution is 2.18. The largest absolute Gasteiger partial charge is 0.497 e. The second-order valence-electron chi connectivity index (χ2n) is 2.76. The molecule has 0 saturated carbocycles. The lowest BCUT2D eigenvalue weighted by Gasteiger charge is -2.06. The Labute approximate surface area is 103 Å². The van der Waals surface area contributed by atoms with Crippen molar-refractivity contribution in [3.63, 3.8) is 0 Å². The Morgan fingerprint density at radius 1 is 1.22 bits per heavy atom. The van der Waals surface area contributed by atoms with Gasteiger partial charge in [0.05, 0.1) is 7.11 Å². The van der Waals surface area contributed by atoms with Crippen LogP contribution in [0.2, 0.25) is 0 Å². The molecule has 1 aromatic rings. The van der Waals surface area contributed by atoms with E-state index in [0.717, 1.165) is 6.40 Å². The van der Waals surface area contributed by atoms with E-state index in [-0.39, 0.29) is 5.95 Å². The molecule has 0 aliphatic heterocycles. The molecule has 0 atom stereocenters. The van der Waals surface area contributed by atoms with Crippen LogP contribution in [0.25, 0.3) is 5.53 Å². The third-order valence-electron chi connectivity index (χ3n) is 1.65. The molecule has 1 aromatic carbocycles. The highest BCUT2D eigenvalue weighted by molar-refractivity contribution is 5.47. The van der Waals surface area contributed by atoms with Gasteiger partial charge in [-0.2, -0.15) is 0 Å². The fraction of sp³-hybridized carbons (Fsp3) is 0.100. The van der Waals surface area contributed by atoms with Gasteiger partial charge in [-0.15, -0.1) is 10.3 Å². The van der Waals surface area contributed by atoms with E-state index >= 15 is 0 Å². The van der Waals surface area contributed by atoms with E-state index in [1.807, 2.05) is 0 Å². The van der Waals surface area contributed by atoms with Gasteiger partial charge < -0.3 is 19.7 Å². The monoisotopic (exact) mass is 248 g/mol. The third-order valence-corrected chi connectivity index (χ3v) is 1.65. The maximum Gasteiger partial charge on any atom is 0.283 e. The summed E-state index contributed by atoms with van der Waals surface area (Å²) in [6.07, 6.45) is 0.931. The molecule has 0 saturated heterocycles. The van der Waals surface area contributed by atoms with Gasteiger partial charge in [-0.1, -0.05) is 0 Å². The minimum atomic E-state index is 0.0000501. The van der Waals surface area contributed by atoms with Gasteiger partial charge in [0.15, 0.2) is 0 Å². The number of benzene rings is 1. The molecule has 8 nitrogen and oxygen atoms in total. The maximum atomic E-state index is 7.91. The smallest absolute Gasteiger partial charge is 0.283 e. The standard InChI is InChI=1S/C10H10N5O3/c1-8(17-7-12-14-15-13-11)18-10-5-3-9(16-2)4-6-10/h3-7H,1H2,2H3/q-1/b12-7+,15-14+. The summed E-state index contributed by atoms with van der Waals surface area (Å²) < 4.78 is 15.0. The van der Waals surface area contributed by atoms with Gasteiger partial charge in [-0.3, -0.25) is 5.22 Å². The molecule has 0 radical (unpaired) electrons. The van der Waals surface area contributed by atoms with Crippen LogP contribution in [-0.2, 0) is 4.74 Å². The molecule has 0 spiro atoms. The molecular formula is C10H10N5O3-. The van der Waals surface area contributed by atoms with Crippen LogP contribution in [-0.4, -0.2) is 13.5 Å². The van der Waals surface area contributed by atoms with Crippen LogP contribution in [0.5, 0.6) is 11.5 Å². The van der Waals surface area contributed by atoms with Crippen molar-refractivity contribution < 1.29 is 14.2 Å². The zero-order chi connectivity index (χ0) is 13.2. The molecule has 8 heteroatoms. The van der Waals surface area contributed by atoms with Crippen LogP contribution < -0.4 is 9.47 Å². The maximum absolute atomic E-state index is 7.91. The van der Waals surface area contributed by atoms with Crippen LogP contribution in [0.15, 0.2) is 57.6 Å². The van der Waals surface area contributed by atoms with E-state index in [9.17, 15) is 0 Å². The predicted octanol–water partition coefficient (Wildman–Crippen LogP) is 2.89. The van der Waals surface area contributed by atoms with E-state index in [1.165, 1.54) is 0 Å². The molecule has 1 rings (SSSR count). The Bertz CT molecular complexity index is 455. The molecular weight excluding hydrogens is 238 g/mol. The van der Waals surface area contributed by atoms with E-state index in [1.54, 1.807) is 31.4 Å². The number of hydrogen-bond acceptors (Lipinski definition) is 4. The van der Waals surface area contributed by atoms with Gasteiger partial charge in [0, 0.05) is 0 Å². The Hall–Kier alpha value is -2.77. The molecule has 0 heterocycles. The highest BCUT2D eigenvalue weighted by Gasteiger charge is 1.98. The second-order valence-corrected chi connectivity index (χ2v) is 2.76. The topological polar surface area (TPSA) is 99.4 Å². The minimum Gasteiger partial charge on any atom is -0.497 e. The normalized spacial score (nSPS) is 10.5. The summed E-state index contributed by atoms with van der Waals surface area (Å²) in [4.78, 5) is 0. The van der Waals surface area contributed by atoms with Crippen molar-refractivity contribution >= 4 is 6.40 Å². The molecule has 0 amide bonds. The quantitative estimate of drug-likeness (QED) is 0.244. The van der Waals surface area contributed by atoms with E-state index in [4.69, 9.17) is 19.7 Å². The Kier molecular flexibility index (Phi) is 5.54. The minimum absolute atomic E-state index is 0.0000501. The van der Waals surface area contributed by atoms with Crippen LogP contribution in [0.1, 0.15) is 0 Å². The van der Waals surface area contributed by atoms with Crippen LogP contribution >= 0.6 is 0 Å². The predicted molar refractivity (Wildman–Crippen MR) is 63.0 cm³/mol. The van der Waals surface area contributed by atoms with Gasteiger partial charge in [0.1, 0.15) is 11.5 Å². The Balaban J connectivity index is 2.41. The summed E-state index contributed by atoms with van der Waals surface area (Å²) in [6, 6.07) is 6.84. The summed E-state index contributed by atoms with van der Waals surface area (Å²) in [6.45, 7) is 3.50. The van der Waals surface area contributed by atoms with Gasteiger partial charge in [-0.25, -0.2) is 5.22 Å². The lowest BCUT2D eigenvalue weighted by atomic mass is 10.3. The number of hydrogen-bond donors (Lipinski definition) is 0. The fourth-order valence-corrected chi connectivity index (χ4v) is 0.944. The molecule has 0 unspecified atom stereocenters. The average Bonchev–Trinajstić information content (AvgIpc) is 2.39. The van der Waals surface area contributed by atoms with Crippen molar-refractivity contribution in [2.24, 2.45) is 20.8 Å². The first-order chi connectivity index (χ1) is 8.76. The lowest BCUT2D eigenvalue weighted by molar-refractivity contribution is 0.227. The molecule has 0 fully saturated rings. The van der Waals surface area contributed by atoms with Crippen molar-refractivity contribution in [3.05, 3.63) is 42.3 Å². The Morgan fingerprint density at radius 3 is 2.50 bits per heavy atom. The number of rotatable bonds is 7. The average molecular weight is 248 g/mol. The summed E-state index contributed by atoms with van der Waals surface area (Å²) in [5.41, 5.74) is 7.91. The first-order valence-corrected chi connectivity index (χ1v) is 4.69. The summed E-state index contributed by atoms with van der Waals surface area (Å²) >= 11 is 0. The van der Waals surface area contributed by atoms with Crippen molar-refractivity contribution in [1.82, 2.24) is 0 Å². The van der Waals surface area contributed by atoms with Gasteiger partial charge in [-0.05, 0) is 30.8 Å². The summed E-state index contributed by atoms with van der Waals surface area (Å²) in [5.74, 6) is 1.24.